The van der Waals surface area contributed by atoms with Gasteiger partial charge in [0.25, 0.3) is 0 Å². The van der Waals surface area contributed by atoms with Crippen LogP contribution in [0.2, 0.25) is 0 Å². The molecule has 1 atom stereocenters. The van der Waals surface area contributed by atoms with Gasteiger partial charge in [0, 0.05) is 24.0 Å². The quantitative estimate of drug-likeness (QED) is 0.768. The van der Waals surface area contributed by atoms with Crippen LogP contribution in [0.25, 0.3) is 11.2 Å². The molecule has 0 aromatic carbocycles. The molecule has 1 N–H and O–H groups in total. The molecular formula is C19H20FN5. The third-order valence-electron chi connectivity index (χ3n) is 4.80. The summed E-state index contributed by atoms with van der Waals surface area (Å²) in [5.74, 6) is 0.978. The number of imidazole rings is 1. The Labute approximate surface area is 145 Å². The average molecular weight is 337 g/mol. The van der Waals surface area contributed by atoms with E-state index in [2.05, 4.69) is 33.8 Å². The Balaban J connectivity index is 1.61. The number of fused-ring (bicyclic) bond motifs is 1. The Morgan fingerprint density at radius 1 is 1.32 bits per heavy atom. The Hall–Kier alpha value is -2.76. The Morgan fingerprint density at radius 3 is 2.84 bits per heavy atom. The molecule has 1 saturated carbocycles. The molecule has 0 radical (unpaired) electrons. The lowest BCUT2D eigenvalue weighted by Gasteiger charge is -2.15. The highest BCUT2D eigenvalue weighted by atomic mass is 19.1. The molecule has 3 aromatic rings. The van der Waals surface area contributed by atoms with Crippen LogP contribution in [0.1, 0.15) is 36.6 Å². The Bertz CT molecular complexity index is 958. The molecule has 0 spiro atoms. The zero-order valence-corrected chi connectivity index (χ0v) is 14.3. The third-order valence-corrected chi connectivity index (χ3v) is 4.80. The van der Waals surface area contributed by atoms with Gasteiger partial charge in [0.05, 0.1) is 11.9 Å². The van der Waals surface area contributed by atoms with E-state index in [4.69, 9.17) is 0 Å². The third kappa shape index (κ3) is 2.99. The van der Waals surface area contributed by atoms with Crippen molar-refractivity contribution in [1.29, 1.82) is 0 Å². The monoisotopic (exact) mass is 337 g/mol. The number of pyridine rings is 1. The van der Waals surface area contributed by atoms with Crippen LogP contribution in [0.4, 0.5) is 10.3 Å². The lowest BCUT2D eigenvalue weighted by atomic mass is 10.0. The van der Waals surface area contributed by atoms with Crippen molar-refractivity contribution in [3.8, 4) is 0 Å². The van der Waals surface area contributed by atoms with Crippen LogP contribution >= 0.6 is 0 Å². The summed E-state index contributed by atoms with van der Waals surface area (Å²) in [5, 5.41) is 3.36. The Morgan fingerprint density at radius 2 is 2.12 bits per heavy atom. The summed E-state index contributed by atoms with van der Waals surface area (Å²) in [6, 6.07) is 4.04. The molecule has 0 amide bonds. The Kier molecular flexibility index (Phi) is 3.75. The second kappa shape index (κ2) is 5.95. The number of hydrogen-bond donors (Lipinski definition) is 1. The first-order valence-electron chi connectivity index (χ1n) is 8.45. The van der Waals surface area contributed by atoms with E-state index in [0.29, 0.717) is 17.6 Å². The summed E-state index contributed by atoms with van der Waals surface area (Å²) >= 11 is 0. The number of aromatic nitrogens is 4. The molecule has 4 rings (SSSR count). The van der Waals surface area contributed by atoms with Gasteiger partial charge in [0.15, 0.2) is 0 Å². The highest BCUT2D eigenvalue weighted by molar-refractivity contribution is 5.79. The van der Waals surface area contributed by atoms with Crippen LogP contribution in [0, 0.1) is 18.8 Å². The van der Waals surface area contributed by atoms with E-state index in [1.54, 1.807) is 18.5 Å². The van der Waals surface area contributed by atoms with Crippen LogP contribution < -0.4 is 5.32 Å². The minimum Gasteiger partial charge on any atom is -0.351 e. The summed E-state index contributed by atoms with van der Waals surface area (Å²) in [7, 11) is 0. The van der Waals surface area contributed by atoms with E-state index < -0.39 is 5.95 Å². The minimum atomic E-state index is -0.397. The predicted molar refractivity (Wildman–Crippen MR) is 95.9 cm³/mol. The zero-order valence-electron chi connectivity index (χ0n) is 14.3. The van der Waals surface area contributed by atoms with Crippen molar-refractivity contribution >= 4 is 17.2 Å². The number of nitrogens with one attached hydrogen (secondary N) is 1. The van der Waals surface area contributed by atoms with Crippen molar-refractivity contribution in [2.45, 2.75) is 32.7 Å². The maximum absolute atomic E-state index is 13.8. The molecule has 3 heterocycles. The van der Waals surface area contributed by atoms with Gasteiger partial charge in [0.2, 0.25) is 11.9 Å². The summed E-state index contributed by atoms with van der Waals surface area (Å²) in [4.78, 5) is 13.0. The summed E-state index contributed by atoms with van der Waals surface area (Å²) in [6.45, 7) is 8.25. The van der Waals surface area contributed by atoms with E-state index in [1.165, 1.54) is 23.4 Å². The summed E-state index contributed by atoms with van der Waals surface area (Å²) in [6.07, 6.45) is 7.23. The number of halogens is 1. The van der Waals surface area contributed by atoms with Crippen LogP contribution in [0.3, 0.4) is 0 Å². The molecule has 0 bridgehead atoms. The lowest BCUT2D eigenvalue weighted by Crippen LogP contribution is -2.19. The number of hydrogen-bond acceptors (Lipinski definition) is 4. The maximum Gasteiger partial charge on any atom is 0.223 e. The zero-order chi connectivity index (χ0) is 17.6. The molecule has 0 saturated heterocycles. The van der Waals surface area contributed by atoms with Crippen molar-refractivity contribution in [2.75, 3.05) is 5.32 Å². The number of anilines is 1. The van der Waals surface area contributed by atoms with E-state index in [1.807, 2.05) is 13.0 Å². The van der Waals surface area contributed by atoms with Crippen LogP contribution in [0.5, 0.6) is 0 Å². The first-order valence-corrected chi connectivity index (χ1v) is 8.45. The van der Waals surface area contributed by atoms with Gasteiger partial charge < -0.3 is 5.32 Å². The molecule has 128 valence electrons. The molecular weight excluding hydrogens is 317 g/mol. The summed E-state index contributed by atoms with van der Waals surface area (Å²) < 4.78 is 15.2. The average Bonchev–Trinajstić information content (AvgIpc) is 3.39. The topological polar surface area (TPSA) is 55.1 Å². The van der Waals surface area contributed by atoms with Gasteiger partial charge >= 0.3 is 0 Å². The molecule has 25 heavy (non-hydrogen) atoms. The molecule has 0 aliphatic heterocycles. The minimum absolute atomic E-state index is 0.389. The molecule has 1 aliphatic rings. The maximum atomic E-state index is 13.8. The van der Waals surface area contributed by atoms with Crippen molar-refractivity contribution in [3.63, 3.8) is 0 Å². The molecule has 3 aromatic heterocycles. The van der Waals surface area contributed by atoms with Crippen molar-refractivity contribution in [2.24, 2.45) is 5.92 Å². The van der Waals surface area contributed by atoms with Gasteiger partial charge in [-0.05, 0) is 55.9 Å². The highest BCUT2D eigenvalue weighted by Crippen LogP contribution is 2.33. The van der Waals surface area contributed by atoms with Gasteiger partial charge in [-0.1, -0.05) is 6.58 Å². The van der Waals surface area contributed by atoms with Crippen molar-refractivity contribution < 1.29 is 4.39 Å². The summed E-state index contributed by atoms with van der Waals surface area (Å²) in [5.41, 5.74) is 3.83. The molecule has 5 nitrogen and oxygen atoms in total. The SMILES string of the molecule is C=C(c1ccc2ncc(F)n2c1)c1cnc(N[C@H](C)C2CC2)nc1C. The van der Waals surface area contributed by atoms with Gasteiger partial charge in [0.1, 0.15) is 5.65 Å². The molecule has 1 aliphatic carbocycles. The smallest absolute Gasteiger partial charge is 0.223 e. The second-order valence-corrected chi connectivity index (χ2v) is 6.67. The molecule has 0 unspecified atom stereocenters. The fourth-order valence-corrected chi connectivity index (χ4v) is 3.04. The lowest BCUT2D eigenvalue weighted by molar-refractivity contribution is 0.573. The van der Waals surface area contributed by atoms with Gasteiger partial charge in [-0.2, -0.15) is 4.39 Å². The van der Waals surface area contributed by atoms with Gasteiger partial charge in [-0.15, -0.1) is 0 Å². The van der Waals surface area contributed by atoms with Crippen LogP contribution in [-0.2, 0) is 0 Å². The van der Waals surface area contributed by atoms with Crippen molar-refractivity contribution in [3.05, 3.63) is 60.1 Å². The predicted octanol–water partition coefficient (Wildman–Crippen LogP) is 3.84. The largest absolute Gasteiger partial charge is 0.351 e. The van der Waals surface area contributed by atoms with Crippen molar-refractivity contribution in [1.82, 2.24) is 19.4 Å². The number of rotatable bonds is 5. The second-order valence-electron chi connectivity index (χ2n) is 6.67. The number of aryl methyl sites for hydroxylation is 1. The van der Waals surface area contributed by atoms with Crippen LogP contribution in [-0.4, -0.2) is 25.4 Å². The van der Waals surface area contributed by atoms with Gasteiger partial charge in [-0.3, -0.25) is 4.40 Å². The normalized spacial score (nSPS) is 15.3. The standard InChI is InChI=1S/C19H20FN5/c1-11(15-6-7-18-21-9-17(20)25(18)10-15)16-8-22-19(24-13(16)3)23-12(2)14-4-5-14/h6-10,12,14H,1,4-5H2,2-3H3,(H,22,23,24)/t12-/m1/s1. The van der Waals surface area contributed by atoms with E-state index in [9.17, 15) is 4.39 Å². The molecule has 1 fully saturated rings. The number of nitrogens with zero attached hydrogens (tertiary/aromatic N) is 4. The first kappa shape index (κ1) is 15.7. The highest BCUT2D eigenvalue weighted by Gasteiger charge is 2.28. The fourth-order valence-electron chi connectivity index (χ4n) is 3.04. The van der Waals surface area contributed by atoms with E-state index in [0.717, 1.165) is 28.3 Å². The van der Waals surface area contributed by atoms with Gasteiger partial charge in [-0.25, -0.2) is 15.0 Å². The van der Waals surface area contributed by atoms with Crippen LogP contribution in [0.15, 0.2) is 37.3 Å². The van der Waals surface area contributed by atoms with E-state index >= 15 is 0 Å². The first-order chi connectivity index (χ1) is 12.0. The molecule has 6 heteroatoms. The fraction of sp³-hybridized carbons (Fsp3) is 0.316. The van der Waals surface area contributed by atoms with E-state index in [-0.39, 0.29) is 0 Å².